The monoisotopic (exact) mass is 613 g/mol. The van der Waals surface area contributed by atoms with Crippen LogP contribution in [0.2, 0.25) is 0 Å². The summed E-state index contributed by atoms with van der Waals surface area (Å²) in [7, 11) is -4.40. The van der Waals surface area contributed by atoms with E-state index in [4.69, 9.17) is 9.84 Å². The number of pyridine rings is 1. The molecule has 0 radical (unpaired) electrons. The maximum atomic E-state index is 14.0. The summed E-state index contributed by atoms with van der Waals surface area (Å²) in [5.74, 6) is -3.00. The fraction of sp³-hybridized carbons (Fsp3) is 0.214. The number of nitrogens with zero attached hydrogens (tertiary/aromatic N) is 1. The van der Waals surface area contributed by atoms with E-state index in [9.17, 15) is 32.7 Å². The minimum Gasteiger partial charge on any atom is -0.493 e. The smallest absolute Gasteiger partial charge is 0.323 e. The van der Waals surface area contributed by atoms with Gasteiger partial charge in [0.15, 0.2) is 0 Å². The topological polar surface area (TPSA) is 183 Å². The van der Waals surface area contributed by atoms with Gasteiger partial charge >= 0.3 is 11.9 Å². The summed E-state index contributed by atoms with van der Waals surface area (Å²) in [5, 5.41) is 20.7. The first-order valence-electron chi connectivity index (χ1n) is 12.7. The Morgan fingerprint density at radius 2 is 1.79 bits per heavy atom. The van der Waals surface area contributed by atoms with Gasteiger partial charge in [-0.25, -0.2) is 8.42 Å². The molecule has 0 unspecified atom stereocenters. The van der Waals surface area contributed by atoms with Crippen LogP contribution in [0.5, 0.6) is 5.75 Å². The van der Waals surface area contributed by atoms with Crippen molar-refractivity contribution in [2.75, 3.05) is 13.2 Å². The Kier molecular flexibility index (Phi) is 9.72. The lowest BCUT2D eigenvalue weighted by atomic mass is 10.0. The molecule has 14 heteroatoms. The standard InChI is InChI=1S/C28H27N3O9S2/c32-24-12-9-18-15-20(10-11-22(18)29-24)42(38,39)30-27(21-6-1-2-7-23(21)40-13-3-8-25(33)34)28(37)31(17-26(35)36)16-19-5-4-14-41-19/h1-2,4-7,9-12,14-15,27,30H,3,8,13,16-17H2,(H,29,32)(H,33,34)(H,35,36)/t27-/m1/s1. The third-order valence-corrected chi connectivity index (χ3v) is 8.39. The van der Waals surface area contributed by atoms with Crippen LogP contribution >= 0.6 is 11.3 Å². The number of rotatable bonds is 14. The van der Waals surface area contributed by atoms with Crippen LogP contribution in [-0.2, 0) is 31.0 Å². The number of carboxylic acids is 2. The quantitative estimate of drug-likeness (QED) is 0.155. The summed E-state index contributed by atoms with van der Waals surface area (Å²) >= 11 is 1.31. The Bertz CT molecular complexity index is 1750. The maximum Gasteiger partial charge on any atom is 0.323 e. The zero-order valence-electron chi connectivity index (χ0n) is 22.1. The molecule has 4 aromatic rings. The number of sulfonamides is 1. The normalized spacial score (nSPS) is 12.1. The number of carbonyl (C=O) groups is 3. The van der Waals surface area contributed by atoms with Gasteiger partial charge < -0.3 is 24.8 Å². The third-order valence-electron chi connectivity index (χ3n) is 6.11. The van der Waals surface area contributed by atoms with Crippen LogP contribution < -0.4 is 15.0 Å². The molecule has 42 heavy (non-hydrogen) atoms. The van der Waals surface area contributed by atoms with Crippen LogP contribution in [0.25, 0.3) is 10.9 Å². The second-order valence-electron chi connectivity index (χ2n) is 9.18. The minimum atomic E-state index is -4.40. The van der Waals surface area contributed by atoms with E-state index in [1.807, 2.05) is 0 Å². The second kappa shape index (κ2) is 13.4. The zero-order chi connectivity index (χ0) is 30.3. The number of thiophene rings is 1. The molecule has 0 aliphatic carbocycles. The van der Waals surface area contributed by atoms with Crippen molar-refractivity contribution in [1.29, 1.82) is 0 Å². The number of carboxylic acid groups (broad SMARTS) is 2. The summed E-state index contributed by atoms with van der Waals surface area (Å²) in [6.45, 7) is -0.792. The number of fused-ring (bicyclic) bond motifs is 1. The molecule has 2 aromatic carbocycles. The Labute approximate surface area is 244 Å². The molecule has 4 rings (SSSR count). The van der Waals surface area contributed by atoms with Gasteiger partial charge in [-0.15, -0.1) is 11.3 Å². The summed E-state index contributed by atoms with van der Waals surface area (Å²) in [6, 6.07) is 14.8. The lowest BCUT2D eigenvalue weighted by Gasteiger charge is -2.27. The molecule has 0 aliphatic heterocycles. The molecular weight excluding hydrogens is 586 g/mol. The highest BCUT2D eigenvalue weighted by Crippen LogP contribution is 2.30. The third kappa shape index (κ3) is 7.81. The van der Waals surface area contributed by atoms with Crippen molar-refractivity contribution >= 4 is 50.1 Å². The van der Waals surface area contributed by atoms with Gasteiger partial charge in [0, 0.05) is 28.4 Å². The summed E-state index contributed by atoms with van der Waals surface area (Å²) in [5.41, 5.74) is 0.178. The first-order valence-corrected chi connectivity index (χ1v) is 15.0. The number of ether oxygens (including phenoxy) is 1. The zero-order valence-corrected chi connectivity index (χ0v) is 23.7. The molecule has 12 nitrogen and oxygen atoms in total. The van der Waals surface area contributed by atoms with Crippen molar-refractivity contribution in [3.63, 3.8) is 0 Å². The van der Waals surface area contributed by atoms with E-state index < -0.39 is 40.5 Å². The SMILES string of the molecule is O=C(O)CCCOc1ccccc1[C@@H](NS(=O)(=O)c1ccc2[nH]c(=O)ccc2c1)C(=O)N(CC(=O)O)Cc1cccs1. The van der Waals surface area contributed by atoms with Crippen LogP contribution in [0.1, 0.15) is 29.3 Å². The van der Waals surface area contributed by atoms with Crippen molar-refractivity contribution < 1.29 is 37.8 Å². The van der Waals surface area contributed by atoms with Crippen LogP contribution in [0.3, 0.4) is 0 Å². The molecule has 0 bridgehead atoms. The van der Waals surface area contributed by atoms with E-state index in [-0.39, 0.29) is 47.8 Å². The van der Waals surface area contributed by atoms with Gasteiger partial charge in [0.1, 0.15) is 18.3 Å². The van der Waals surface area contributed by atoms with Crippen molar-refractivity contribution in [2.24, 2.45) is 0 Å². The van der Waals surface area contributed by atoms with Crippen molar-refractivity contribution in [3.8, 4) is 5.75 Å². The van der Waals surface area contributed by atoms with Gasteiger partial charge in [-0.3, -0.25) is 19.2 Å². The van der Waals surface area contributed by atoms with Gasteiger partial charge in [-0.2, -0.15) is 4.72 Å². The Balaban J connectivity index is 1.74. The van der Waals surface area contributed by atoms with E-state index in [1.54, 1.807) is 29.6 Å². The molecule has 0 aliphatic rings. The summed E-state index contributed by atoms with van der Waals surface area (Å²) in [4.78, 5) is 52.4. The number of aromatic amines is 1. The highest BCUT2D eigenvalue weighted by atomic mass is 32.2. The van der Waals surface area contributed by atoms with Crippen LogP contribution in [-0.4, -0.2) is 59.5 Å². The Hall–Kier alpha value is -4.53. The number of H-pyrrole nitrogens is 1. The Morgan fingerprint density at radius 1 is 1.00 bits per heavy atom. The van der Waals surface area contributed by atoms with E-state index in [2.05, 4.69) is 9.71 Å². The highest BCUT2D eigenvalue weighted by Gasteiger charge is 2.34. The first kappa shape index (κ1) is 30.4. The Morgan fingerprint density at radius 3 is 2.50 bits per heavy atom. The molecule has 1 atom stereocenters. The largest absolute Gasteiger partial charge is 0.493 e. The van der Waals surface area contributed by atoms with E-state index in [0.29, 0.717) is 15.8 Å². The average molecular weight is 614 g/mol. The highest BCUT2D eigenvalue weighted by molar-refractivity contribution is 7.89. The fourth-order valence-corrected chi connectivity index (χ4v) is 6.10. The van der Waals surface area contributed by atoms with Gasteiger partial charge in [0.2, 0.25) is 21.5 Å². The lowest BCUT2D eigenvalue weighted by molar-refractivity contribution is -0.145. The number of hydrogen-bond donors (Lipinski definition) is 4. The molecule has 0 fully saturated rings. The van der Waals surface area contributed by atoms with Crippen molar-refractivity contribution in [1.82, 2.24) is 14.6 Å². The van der Waals surface area contributed by atoms with Crippen LogP contribution in [0, 0.1) is 0 Å². The van der Waals surface area contributed by atoms with Crippen molar-refractivity contribution in [3.05, 3.63) is 92.9 Å². The minimum absolute atomic E-state index is 0.0200. The van der Waals surface area contributed by atoms with Gasteiger partial charge in [-0.1, -0.05) is 24.3 Å². The molecule has 0 saturated heterocycles. The van der Waals surface area contributed by atoms with E-state index in [1.165, 1.54) is 53.8 Å². The molecule has 2 aromatic heterocycles. The number of carbonyl (C=O) groups excluding carboxylic acids is 1. The van der Waals surface area contributed by atoms with Gasteiger partial charge in [0.05, 0.1) is 18.0 Å². The van der Waals surface area contributed by atoms with Gasteiger partial charge in [-0.05, 0) is 53.6 Å². The number of para-hydroxylation sites is 1. The predicted molar refractivity (Wildman–Crippen MR) is 154 cm³/mol. The number of aliphatic carboxylic acids is 2. The van der Waals surface area contributed by atoms with E-state index >= 15 is 0 Å². The number of nitrogens with one attached hydrogen (secondary N) is 2. The predicted octanol–water partition coefficient (Wildman–Crippen LogP) is 2.97. The van der Waals surface area contributed by atoms with E-state index in [0.717, 1.165) is 4.90 Å². The summed E-state index contributed by atoms with van der Waals surface area (Å²) in [6.07, 6.45) is 0.00823. The number of amides is 1. The van der Waals surface area contributed by atoms with Crippen molar-refractivity contribution in [2.45, 2.75) is 30.3 Å². The molecule has 220 valence electrons. The molecular formula is C28H27N3O9S2. The molecule has 4 N–H and O–H groups in total. The number of hydrogen-bond acceptors (Lipinski definition) is 8. The number of aromatic nitrogens is 1. The molecule has 1 amide bonds. The fourth-order valence-electron chi connectivity index (χ4n) is 4.17. The number of benzene rings is 2. The van der Waals surface area contributed by atoms with Crippen LogP contribution in [0.15, 0.2) is 81.8 Å². The molecule has 0 spiro atoms. The van der Waals surface area contributed by atoms with Crippen LogP contribution in [0.4, 0.5) is 0 Å². The maximum absolute atomic E-state index is 14.0. The first-order chi connectivity index (χ1) is 20.0. The summed E-state index contributed by atoms with van der Waals surface area (Å²) < 4.78 is 35.5. The molecule has 2 heterocycles. The average Bonchev–Trinajstić information content (AvgIpc) is 3.46. The molecule has 0 saturated carbocycles. The second-order valence-corrected chi connectivity index (χ2v) is 11.9. The van der Waals surface area contributed by atoms with Gasteiger partial charge in [0.25, 0.3) is 0 Å². The lowest BCUT2D eigenvalue weighted by Crippen LogP contribution is -2.44.